The second kappa shape index (κ2) is 5.80. The van der Waals surface area contributed by atoms with Gasteiger partial charge in [-0.1, -0.05) is 30.3 Å². The van der Waals surface area contributed by atoms with Crippen molar-refractivity contribution in [1.82, 2.24) is 4.90 Å². The van der Waals surface area contributed by atoms with E-state index in [-0.39, 0.29) is 0 Å². The summed E-state index contributed by atoms with van der Waals surface area (Å²) in [5.74, 6) is -2.03. The normalized spacial score (nSPS) is 14.4. The first-order chi connectivity index (χ1) is 7.94. The number of hydrogen-bond donors (Lipinski definition) is 1. The van der Waals surface area contributed by atoms with Gasteiger partial charge in [0.1, 0.15) is 0 Å². The number of carbonyl (C=O) groups is 1. The number of benzene rings is 1. The molecule has 0 aliphatic carbocycles. The highest BCUT2D eigenvalue weighted by atomic mass is 16.7. The van der Waals surface area contributed by atoms with Crippen LogP contribution in [0.3, 0.4) is 0 Å². The molecule has 0 bridgehead atoms. The summed E-state index contributed by atoms with van der Waals surface area (Å²) in [4.78, 5) is 12.5. The molecule has 17 heavy (non-hydrogen) atoms. The number of nitrogens with zero attached hydrogens (tertiary/aromatic N) is 1. The van der Waals surface area contributed by atoms with E-state index in [4.69, 9.17) is 4.74 Å². The molecule has 1 rings (SSSR count). The average Bonchev–Trinajstić information content (AvgIpc) is 2.27. The summed E-state index contributed by atoms with van der Waals surface area (Å²) >= 11 is 0. The smallest absolute Gasteiger partial charge is 0.306 e. The molecule has 4 heteroatoms. The van der Waals surface area contributed by atoms with Crippen LogP contribution >= 0.6 is 0 Å². The van der Waals surface area contributed by atoms with Crippen LogP contribution in [0.5, 0.6) is 0 Å². The van der Waals surface area contributed by atoms with E-state index < -0.39 is 11.9 Å². The minimum absolute atomic E-state index is 0.337. The van der Waals surface area contributed by atoms with Gasteiger partial charge in [0.15, 0.2) is 0 Å². The lowest BCUT2D eigenvalue weighted by atomic mass is 10.1. The zero-order valence-electron chi connectivity index (χ0n) is 10.5. The van der Waals surface area contributed by atoms with Gasteiger partial charge in [0.2, 0.25) is 0 Å². The lowest BCUT2D eigenvalue weighted by Crippen LogP contribution is -2.48. The number of aryl methyl sites for hydroxylation is 1. The molecule has 0 spiro atoms. The van der Waals surface area contributed by atoms with Crippen LogP contribution in [0.4, 0.5) is 0 Å². The van der Waals surface area contributed by atoms with E-state index >= 15 is 0 Å². The van der Waals surface area contributed by atoms with Crippen LogP contribution in [0.2, 0.25) is 0 Å². The molecule has 94 valence electrons. The number of rotatable bonds is 5. The van der Waals surface area contributed by atoms with E-state index in [0.29, 0.717) is 12.8 Å². The molecule has 0 unspecified atom stereocenters. The van der Waals surface area contributed by atoms with Crippen LogP contribution in [0.25, 0.3) is 0 Å². The van der Waals surface area contributed by atoms with E-state index in [0.717, 1.165) is 5.56 Å². The van der Waals surface area contributed by atoms with Crippen LogP contribution in [-0.2, 0) is 16.0 Å². The second-order valence-corrected chi connectivity index (χ2v) is 4.22. The summed E-state index contributed by atoms with van der Waals surface area (Å²) < 4.78 is 4.96. The molecule has 1 atom stereocenters. The van der Waals surface area contributed by atoms with Gasteiger partial charge in [-0.2, -0.15) is 0 Å². The third-order valence-electron chi connectivity index (χ3n) is 2.59. The Kier molecular flexibility index (Phi) is 4.66. The van der Waals surface area contributed by atoms with Gasteiger partial charge in [0, 0.05) is 13.3 Å². The number of esters is 1. The lowest BCUT2D eigenvalue weighted by Gasteiger charge is -2.33. The molecule has 1 aromatic rings. The van der Waals surface area contributed by atoms with Crippen molar-refractivity contribution >= 4 is 5.97 Å². The van der Waals surface area contributed by atoms with Gasteiger partial charge >= 0.3 is 5.97 Å². The average molecular weight is 237 g/mol. The molecule has 0 aliphatic rings. The molecule has 0 amide bonds. The van der Waals surface area contributed by atoms with Gasteiger partial charge in [-0.25, -0.2) is 4.90 Å². The van der Waals surface area contributed by atoms with Gasteiger partial charge in [-0.05, 0) is 26.1 Å². The molecule has 0 heterocycles. The molecule has 0 saturated heterocycles. The Labute approximate surface area is 102 Å². The van der Waals surface area contributed by atoms with Crippen molar-refractivity contribution in [3.05, 3.63) is 35.9 Å². The van der Waals surface area contributed by atoms with Gasteiger partial charge in [0.05, 0.1) is 0 Å². The highest BCUT2D eigenvalue weighted by Crippen LogP contribution is 2.18. The van der Waals surface area contributed by atoms with Crippen LogP contribution in [0.1, 0.15) is 18.9 Å². The van der Waals surface area contributed by atoms with Crippen molar-refractivity contribution in [2.75, 3.05) is 14.1 Å². The Hall–Kier alpha value is -1.39. The molecule has 0 radical (unpaired) electrons. The maximum Gasteiger partial charge on any atom is 0.306 e. The van der Waals surface area contributed by atoms with Crippen LogP contribution in [0, 0.1) is 0 Å². The highest BCUT2D eigenvalue weighted by molar-refractivity contribution is 5.66. The Morgan fingerprint density at radius 1 is 1.35 bits per heavy atom. The molecule has 0 fully saturated rings. The van der Waals surface area contributed by atoms with Crippen LogP contribution in [0.15, 0.2) is 30.3 Å². The maximum atomic E-state index is 11.0. The quantitative estimate of drug-likeness (QED) is 0.621. The zero-order valence-corrected chi connectivity index (χ0v) is 10.5. The summed E-state index contributed by atoms with van der Waals surface area (Å²) in [5, 5.41) is 10.2. The second-order valence-electron chi connectivity index (χ2n) is 4.22. The van der Waals surface area contributed by atoms with Crippen LogP contribution < -0.4 is 0 Å². The first-order valence-electron chi connectivity index (χ1n) is 5.57. The molecule has 0 aromatic heterocycles. The van der Waals surface area contributed by atoms with Crippen molar-refractivity contribution in [2.24, 2.45) is 0 Å². The third-order valence-corrected chi connectivity index (χ3v) is 2.59. The first kappa shape index (κ1) is 13.7. The van der Waals surface area contributed by atoms with Gasteiger partial charge in [0.25, 0.3) is 5.91 Å². The SMILES string of the molecule is CC(=O)O[C@@](O)(CCc1ccccc1)N(C)C. The number of hydrogen-bond acceptors (Lipinski definition) is 4. The Bertz CT molecular complexity index is 364. The summed E-state index contributed by atoms with van der Waals surface area (Å²) in [5.41, 5.74) is 1.10. The highest BCUT2D eigenvalue weighted by Gasteiger charge is 2.32. The fraction of sp³-hybridized carbons (Fsp3) is 0.462. The van der Waals surface area contributed by atoms with E-state index in [1.165, 1.54) is 11.8 Å². The predicted molar refractivity (Wildman–Crippen MR) is 65.2 cm³/mol. The summed E-state index contributed by atoms with van der Waals surface area (Å²) in [6.07, 6.45) is 0.979. The fourth-order valence-corrected chi connectivity index (χ4v) is 1.55. The Morgan fingerprint density at radius 3 is 2.41 bits per heavy atom. The van der Waals surface area contributed by atoms with Crippen molar-refractivity contribution in [1.29, 1.82) is 0 Å². The van der Waals surface area contributed by atoms with Gasteiger partial charge in [-0.15, -0.1) is 0 Å². The fourth-order valence-electron chi connectivity index (χ4n) is 1.55. The van der Waals surface area contributed by atoms with E-state index in [1.807, 2.05) is 30.3 Å². The van der Waals surface area contributed by atoms with E-state index in [2.05, 4.69) is 0 Å². The topological polar surface area (TPSA) is 49.8 Å². The molecule has 1 N–H and O–H groups in total. The molecular weight excluding hydrogens is 218 g/mol. The monoisotopic (exact) mass is 237 g/mol. The van der Waals surface area contributed by atoms with E-state index in [9.17, 15) is 9.90 Å². The summed E-state index contributed by atoms with van der Waals surface area (Å²) in [6.45, 7) is 1.29. The first-order valence-corrected chi connectivity index (χ1v) is 5.57. The molecule has 1 aromatic carbocycles. The Morgan fingerprint density at radius 2 is 1.94 bits per heavy atom. The minimum Gasteiger partial charge on any atom is -0.419 e. The predicted octanol–water partition coefficient (Wildman–Crippen LogP) is 1.39. The lowest BCUT2D eigenvalue weighted by molar-refractivity contribution is -0.268. The minimum atomic E-state index is -1.54. The molecular formula is C13H19NO3. The largest absolute Gasteiger partial charge is 0.419 e. The van der Waals surface area contributed by atoms with Gasteiger partial charge in [-0.3, -0.25) is 4.79 Å². The number of ether oxygens (including phenoxy) is 1. The van der Waals surface area contributed by atoms with Crippen molar-refractivity contribution in [3.63, 3.8) is 0 Å². The molecule has 0 saturated carbocycles. The molecule has 0 aliphatic heterocycles. The van der Waals surface area contributed by atoms with Crippen molar-refractivity contribution < 1.29 is 14.6 Å². The maximum absolute atomic E-state index is 11.0. The van der Waals surface area contributed by atoms with Crippen molar-refractivity contribution in [2.45, 2.75) is 25.7 Å². The van der Waals surface area contributed by atoms with Crippen molar-refractivity contribution in [3.8, 4) is 0 Å². The number of carbonyl (C=O) groups excluding carboxylic acids is 1. The summed E-state index contributed by atoms with van der Waals surface area (Å²) in [6, 6.07) is 9.77. The summed E-state index contributed by atoms with van der Waals surface area (Å²) in [7, 11) is 3.35. The van der Waals surface area contributed by atoms with E-state index in [1.54, 1.807) is 14.1 Å². The number of aliphatic hydroxyl groups is 1. The molecule has 4 nitrogen and oxygen atoms in total. The van der Waals surface area contributed by atoms with Gasteiger partial charge < -0.3 is 9.84 Å². The Balaban J connectivity index is 2.65. The van der Waals surface area contributed by atoms with Crippen LogP contribution in [-0.4, -0.2) is 36.0 Å². The standard InChI is InChI=1S/C13H19NO3/c1-11(15)17-13(16,14(2)3)10-9-12-7-5-4-6-8-12/h4-8,16H,9-10H2,1-3H3/t13-/m0/s1. The third kappa shape index (κ3) is 4.17. The zero-order chi connectivity index (χ0) is 12.9.